The minimum atomic E-state index is -3.57. The number of pyridine rings is 1. The van der Waals surface area contributed by atoms with E-state index in [4.69, 9.17) is 4.74 Å². The average Bonchev–Trinajstić information content (AvgIpc) is 3.04. The van der Waals surface area contributed by atoms with E-state index in [0.717, 1.165) is 16.7 Å². The van der Waals surface area contributed by atoms with E-state index >= 15 is 0 Å². The van der Waals surface area contributed by atoms with Crippen molar-refractivity contribution in [2.45, 2.75) is 43.8 Å². The van der Waals surface area contributed by atoms with Crippen LogP contribution in [0.15, 0.2) is 108 Å². The molecule has 0 saturated carbocycles. The number of hydrogen-bond acceptors (Lipinski definition) is 6. The Morgan fingerprint density at radius 2 is 1.58 bits per heavy atom. The van der Waals surface area contributed by atoms with Crippen molar-refractivity contribution in [3.63, 3.8) is 0 Å². The number of ether oxygens (including phenoxy) is 1. The number of carbonyl (C=O) groups is 2. The Hall–Kier alpha value is -4.54. The third-order valence-corrected chi connectivity index (χ3v) is 8.45. The normalized spacial score (nSPS) is 11.9. The molecule has 0 aliphatic heterocycles. The molecule has 0 fully saturated rings. The smallest absolute Gasteiger partial charge is 0.247 e. The lowest BCUT2D eigenvalue weighted by Crippen LogP contribution is -2.43. The van der Waals surface area contributed by atoms with E-state index in [2.05, 4.69) is 15.0 Å². The second kappa shape index (κ2) is 15.1. The fourth-order valence-corrected chi connectivity index (χ4v) is 5.69. The first kappa shape index (κ1) is 31.4. The van der Waals surface area contributed by atoms with Crippen LogP contribution in [0, 0.1) is 0 Å². The summed E-state index contributed by atoms with van der Waals surface area (Å²) in [5.41, 5.74) is 3.18. The molecule has 1 atom stereocenters. The van der Waals surface area contributed by atoms with Crippen molar-refractivity contribution in [2.24, 2.45) is 0 Å². The Balaban J connectivity index is 1.60. The van der Waals surface area contributed by atoms with Crippen LogP contribution in [0.3, 0.4) is 0 Å². The number of carbonyl (C=O) groups excluding carboxylic acids is 2. The first-order valence-electron chi connectivity index (χ1n) is 14.0. The maximum absolute atomic E-state index is 14.0. The number of nitrogens with zero attached hydrogens (tertiary/aromatic N) is 2. The molecule has 0 bridgehead atoms. The number of amides is 2. The summed E-state index contributed by atoms with van der Waals surface area (Å²) in [6.07, 6.45) is 3.85. The van der Waals surface area contributed by atoms with E-state index in [9.17, 15) is 18.0 Å². The number of rotatable bonds is 14. The van der Waals surface area contributed by atoms with E-state index in [1.165, 1.54) is 12.1 Å². The summed E-state index contributed by atoms with van der Waals surface area (Å²) in [5.74, 6) is 0.162. The molecule has 0 unspecified atom stereocenters. The number of aryl methyl sites for hydroxylation is 1. The van der Waals surface area contributed by atoms with Crippen LogP contribution in [0.25, 0.3) is 0 Å². The molecule has 0 aliphatic carbocycles. The monoisotopic (exact) mass is 600 g/mol. The summed E-state index contributed by atoms with van der Waals surface area (Å²) in [6, 6.07) is 25.9. The highest BCUT2D eigenvalue weighted by molar-refractivity contribution is 7.89. The van der Waals surface area contributed by atoms with E-state index < -0.39 is 16.1 Å². The Labute approximate surface area is 253 Å². The van der Waals surface area contributed by atoms with Gasteiger partial charge in [0, 0.05) is 38.4 Å². The van der Waals surface area contributed by atoms with Gasteiger partial charge in [0.05, 0.1) is 12.0 Å². The molecule has 1 aromatic heterocycles. The van der Waals surface area contributed by atoms with Crippen LogP contribution in [0.5, 0.6) is 5.75 Å². The van der Waals surface area contributed by atoms with Gasteiger partial charge in [-0.3, -0.25) is 14.6 Å². The Morgan fingerprint density at radius 3 is 2.21 bits per heavy atom. The lowest BCUT2D eigenvalue weighted by atomic mass is 10.0. The van der Waals surface area contributed by atoms with E-state index in [-0.39, 0.29) is 36.2 Å². The number of methoxy groups -OCH3 is 1. The van der Waals surface area contributed by atoms with Gasteiger partial charge in [-0.25, -0.2) is 13.1 Å². The highest BCUT2D eigenvalue weighted by atomic mass is 32.2. The summed E-state index contributed by atoms with van der Waals surface area (Å²) in [6.45, 7) is 2.48. The van der Waals surface area contributed by atoms with Crippen molar-refractivity contribution >= 4 is 21.8 Å². The third kappa shape index (κ3) is 8.73. The fraction of sp³-hybridized carbons (Fsp3) is 0.242. The standard InChI is InChI=1S/C33H36N4O5S/c1-3-36-43(40,41)30-18-13-25(14-19-30)15-20-31(38)37(24-26-11-16-29(42-2)17-12-26)32(28-9-5-4-6-10-28)33(39)35-23-27-8-7-21-34-22-27/h4-14,16-19,21-22,32,36H,3,15,20,23-24H2,1-2H3,(H,35,39)/t32-/m1/s1. The maximum Gasteiger partial charge on any atom is 0.247 e. The summed E-state index contributed by atoms with van der Waals surface area (Å²) >= 11 is 0. The molecule has 2 N–H and O–H groups in total. The van der Waals surface area contributed by atoms with Crippen molar-refractivity contribution < 1.29 is 22.7 Å². The molecular weight excluding hydrogens is 564 g/mol. The Bertz CT molecular complexity index is 1580. The van der Waals surface area contributed by atoms with Crippen LogP contribution in [0.1, 0.15) is 41.6 Å². The molecule has 4 aromatic rings. The largest absolute Gasteiger partial charge is 0.497 e. The number of hydrogen-bond donors (Lipinski definition) is 2. The highest BCUT2D eigenvalue weighted by Gasteiger charge is 2.31. The summed E-state index contributed by atoms with van der Waals surface area (Å²) in [4.78, 5) is 33.6. The molecule has 0 spiro atoms. The molecule has 43 heavy (non-hydrogen) atoms. The summed E-state index contributed by atoms with van der Waals surface area (Å²) < 4.78 is 32.4. The van der Waals surface area contributed by atoms with Crippen molar-refractivity contribution in [2.75, 3.05) is 13.7 Å². The second-order valence-corrected chi connectivity index (χ2v) is 11.7. The van der Waals surface area contributed by atoms with Crippen molar-refractivity contribution in [1.29, 1.82) is 0 Å². The van der Waals surface area contributed by atoms with Crippen LogP contribution in [0.4, 0.5) is 0 Å². The first-order valence-corrected chi connectivity index (χ1v) is 15.5. The van der Waals surface area contributed by atoms with Gasteiger partial charge in [0.15, 0.2) is 0 Å². The van der Waals surface area contributed by atoms with Gasteiger partial charge in [-0.2, -0.15) is 0 Å². The van der Waals surface area contributed by atoms with E-state index in [1.54, 1.807) is 49.5 Å². The number of sulfonamides is 1. The van der Waals surface area contributed by atoms with E-state index in [0.29, 0.717) is 24.3 Å². The SMILES string of the molecule is CCNS(=O)(=O)c1ccc(CCC(=O)N(Cc2ccc(OC)cc2)[C@@H](C(=O)NCc2cccnc2)c2ccccc2)cc1. The zero-order valence-corrected chi connectivity index (χ0v) is 25.1. The molecule has 9 nitrogen and oxygen atoms in total. The maximum atomic E-state index is 14.0. The van der Waals surface area contributed by atoms with Crippen LogP contribution in [-0.2, 0) is 39.1 Å². The molecule has 2 amide bonds. The zero-order chi connectivity index (χ0) is 30.7. The highest BCUT2D eigenvalue weighted by Crippen LogP contribution is 2.26. The Kier molecular flexibility index (Phi) is 11.0. The quantitative estimate of drug-likeness (QED) is 0.222. The molecule has 0 radical (unpaired) electrons. The van der Waals surface area contributed by atoms with Gasteiger partial charge >= 0.3 is 0 Å². The minimum Gasteiger partial charge on any atom is -0.497 e. The van der Waals surface area contributed by atoms with Gasteiger partial charge in [-0.05, 0) is 59.0 Å². The molecule has 0 saturated heterocycles. The van der Waals surface area contributed by atoms with Gasteiger partial charge in [-0.1, -0.05) is 67.6 Å². The Morgan fingerprint density at radius 1 is 0.884 bits per heavy atom. The third-order valence-electron chi connectivity index (χ3n) is 6.89. The number of aromatic nitrogens is 1. The van der Waals surface area contributed by atoms with Gasteiger partial charge in [0.25, 0.3) is 0 Å². The van der Waals surface area contributed by atoms with Gasteiger partial charge in [-0.15, -0.1) is 0 Å². The van der Waals surface area contributed by atoms with Crippen LogP contribution in [-0.4, -0.2) is 43.8 Å². The average molecular weight is 601 g/mol. The summed E-state index contributed by atoms with van der Waals surface area (Å²) in [7, 11) is -1.98. The van der Waals surface area contributed by atoms with Gasteiger partial charge in [0.1, 0.15) is 11.8 Å². The molecule has 0 aliphatic rings. The summed E-state index contributed by atoms with van der Waals surface area (Å²) in [5, 5.41) is 2.99. The van der Waals surface area contributed by atoms with Crippen LogP contribution in [0.2, 0.25) is 0 Å². The zero-order valence-electron chi connectivity index (χ0n) is 24.3. The molecule has 10 heteroatoms. The number of benzene rings is 3. The topological polar surface area (TPSA) is 118 Å². The molecule has 3 aromatic carbocycles. The van der Waals surface area contributed by atoms with Crippen LogP contribution < -0.4 is 14.8 Å². The number of nitrogens with one attached hydrogen (secondary N) is 2. The second-order valence-electron chi connectivity index (χ2n) is 9.91. The predicted molar refractivity (Wildman–Crippen MR) is 164 cm³/mol. The van der Waals surface area contributed by atoms with Crippen LogP contribution >= 0.6 is 0 Å². The molecule has 1 heterocycles. The van der Waals surface area contributed by atoms with Gasteiger partial charge in [0.2, 0.25) is 21.8 Å². The first-order chi connectivity index (χ1) is 20.8. The molecule has 4 rings (SSSR count). The van der Waals surface area contributed by atoms with Crippen molar-refractivity contribution in [1.82, 2.24) is 19.9 Å². The van der Waals surface area contributed by atoms with Gasteiger partial charge < -0.3 is 15.0 Å². The molecule has 224 valence electrons. The lowest BCUT2D eigenvalue weighted by molar-refractivity contribution is -0.141. The van der Waals surface area contributed by atoms with Crippen molar-refractivity contribution in [3.8, 4) is 5.75 Å². The minimum absolute atomic E-state index is 0.120. The molecular formula is C33H36N4O5S. The predicted octanol–water partition coefficient (Wildman–Crippen LogP) is 4.41. The fourth-order valence-electron chi connectivity index (χ4n) is 4.65. The van der Waals surface area contributed by atoms with E-state index in [1.807, 2.05) is 60.7 Å². The van der Waals surface area contributed by atoms with Crippen molar-refractivity contribution in [3.05, 3.63) is 126 Å². The lowest BCUT2D eigenvalue weighted by Gasteiger charge is -2.32.